The third kappa shape index (κ3) is 13.3. The molecule has 0 aromatic carbocycles. The van der Waals surface area contributed by atoms with Crippen LogP contribution in [0, 0.1) is 81.7 Å². The van der Waals surface area contributed by atoms with Crippen LogP contribution in [0.1, 0.15) is 101 Å². The molecule has 282 valence electrons. The summed E-state index contributed by atoms with van der Waals surface area (Å²) in [5.41, 5.74) is 7.12. The molecule has 2 radical (unpaired) electrons. The predicted molar refractivity (Wildman–Crippen MR) is 228 cm³/mol. The molecule has 1 aliphatic heterocycles. The molecule has 0 atom stereocenters. The van der Waals surface area contributed by atoms with Crippen LogP contribution in [0.25, 0.3) is 9.30 Å². The van der Waals surface area contributed by atoms with E-state index in [0.717, 1.165) is 45.6 Å². The summed E-state index contributed by atoms with van der Waals surface area (Å²) < 4.78 is 9.64. The Hall–Kier alpha value is 0.609. The minimum Gasteiger partial charge on any atom is -0.668 e. The molecule has 0 saturated carbocycles. The molecule has 4 aromatic heterocycles. The van der Waals surface area contributed by atoms with Crippen molar-refractivity contribution >= 4 is 32.9 Å². The van der Waals surface area contributed by atoms with Gasteiger partial charge in [0.25, 0.3) is 0 Å². The Morgan fingerprint density at radius 1 is 0.308 bits per heavy atom. The number of aromatic nitrogens is 4. The largest absolute Gasteiger partial charge is 3.00 e. The normalized spacial score (nSPS) is 17.3. The molecule has 0 fully saturated rings. The van der Waals surface area contributed by atoms with E-state index in [0.29, 0.717) is 0 Å². The maximum absolute atomic E-state index is 5.10. The monoisotopic (exact) mass is 1030 g/mol. The van der Waals surface area contributed by atoms with Crippen LogP contribution in [-0.2, 0) is 21.7 Å². The molecule has 4 aromatic rings. The smallest absolute Gasteiger partial charge is 0.668 e. The van der Waals surface area contributed by atoms with Crippen molar-refractivity contribution < 1.29 is 81.7 Å². The summed E-state index contributed by atoms with van der Waals surface area (Å²) in [5.74, 6) is 0. The van der Waals surface area contributed by atoms with Crippen LogP contribution in [0.3, 0.4) is 0 Å². The van der Waals surface area contributed by atoms with Gasteiger partial charge in [-0.3, -0.25) is 0 Å². The van der Waals surface area contributed by atoms with Gasteiger partial charge in [0, 0.05) is 0 Å². The first-order valence-corrected chi connectivity index (χ1v) is 32.1. The zero-order chi connectivity index (χ0) is 38.5. The second kappa shape index (κ2) is 17.6. The van der Waals surface area contributed by atoms with Gasteiger partial charge in [-0.2, -0.15) is 45.6 Å². The molecule has 5 heterocycles. The van der Waals surface area contributed by atoms with E-state index in [1.54, 1.807) is 0 Å². The summed E-state index contributed by atoms with van der Waals surface area (Å²) >= 11 is 0. The SMILES string of the molecule is CC1(C)c2ccc([n-]2)C(C)(C)c2ccc([n-]2)C(C)(C)c2ccc([n-]2)C(C)(C)c2ccc1[n-]2.C[Si](C)(C)[N-][Si](C)(C)C.C[Si](C)(C)[N-][Si](C)(C)C.[Nd+3].[Nd+3]. The minimum absolute atomic E-state index is 0. The maximum atomic E-state index is 5.10. The quantitative estimate of drug-likeness (QED) is 0.191. The number of hydrogen-bond donors (Lipinski definition) is 0. The van der Waals surface area contributed by atoms with Gasteiger partial charge < -0.3 is 29.2 Å². The summed E-state index contributed by atoms with van der Waals surface area (Å²) in [6.45, 7) is 45.2. The van der Waals surface area contributed by atoms with Crippen molar-refractivity contribution in [2.45, 2.75) is 156 Å². The third-order valence-electron chi connectivity index (χ3n) is 9.02. The topological polar surface area (TPSA) is 84.6 Å². The van der Waals surface area contributed by atoms with Gasteiger partial charge in [0.05, 0.1) is 0 Å². The molecule has 0 saturated heterocycles. The number of hydrogen-bond acceptors (Lipinski definition) is 0. The molecule has 0 N–H and O–H groups in total. The van der Waals surface area contributed by atoms with E-state index >= 15 is 0 Å². The van der Waals surface area contributed by atoms with Gasteiger partial charge in [-0.15, -0.1) is 0 Å². The van der Waals surface area contributed by atoms with E-state index in [1.807, 2.05) is 0 Å². The Morgan fingerprint density at radius 3 is 0.500 bits per heavy atom. The van der Waals surface area contributed by atoms with Crippen LogP contribution in [0.15, 0.2) is 48.5 Å². The van der Waals surface area contributed by atoms with Crippen molar-refractivity contribution in [2.75, 3.05) is 0 Å². The molecule has 0 amide bonds. The third-order valence-corrected chi connectivity index (χ3v) is 19.8. The van der Waals surface area contributed by atoms with E-state index in [1.165, 1.54) is 0 Å². The van der Waals surface area contributed by atoms with Crippen LogP contribution >= 0.6 is 0 Å². The predicted octanol–water partition coefficient (Wildman–Crippen LogP) is 11.2. The Bertz CT molecular complexity index is 1380. The Kier molecular flexibility index (Phi) is 17.2. The molecule has 12 heteroatoms. The first-order chi connectivity index (χ1) is 22.3. The van der Waals surface area contributed by atoms with Gasteiger partial charge >= 0.3 is 81.7 Å². The molecule has 0 unspecified atom stereocenters. The fraction of sp³-hybridized carbons (Fsp3) is 0.600. The summed E-state index contributed by atoms with van der Waals surface area (Å²) in [7, 11) is -4.42. The number of fused-ring (bicyclic) bond motifs is 8. The molecule has 52 heavy (non-hydrogen) atoms. The maximum Gasteiger partial charge on any atom is 3.00 e. The van der Waals surface area contributed by atoms with Gasteiger partial charge in [0.2, 0.25) is 0 Å². The van der Waals surface area contributed by atoms with E-state index in [2.05, 4.69) is 182 Å². The van der Waals surface area contributed by atoms with E-state index < -0.39 is 32.9 Å². The second-order valence-corrected chi connectivity index (χ2v) is 39.4. The van der Waals surface area contributed by atoms with Crippen molar-refractivity contribution in [1.29, 1.82) is 0 Å². The van der Waals surface area contributed by atoms with Crippen LogP contribution in [0.2, 0.25) is 78.6 Å². The Morgan fingerprint density at radius 2 is 0.423 bits per heavy atom. The van der Waals surface area contributed by atoms with Gasteiger partial charge in [-0.05, 0) is 21.7 Å². The summed E-state index contributed by atoms with van der Waals surface area (Å²) in [6, 6.07) is 17.2. The van der Waals surface area contributed by atoms with E-state index in [-0.39, 0.29) is 103 Å². The summed E-state index contributed by atoms with van der Waals surface area (Å²) in [6.07, 6.45) is 0. The van der Waals surface area contributed by atoms with E-state index in [9.17, 15) is 0 Å². The average Bonchev–Trinajstić information content (AvgIpc) is 3.71. The molecule has 5 rings (SSSR count). The summed E-state index contributed by atoms with van der Waals surface area (Å²) in [4.78, 5) is 20.4. The number of rotatable bonds is 4. The Balaban J connectivity index is 0.000000565. The average molecular weight is 1030 g/mol. The minimum atomic E-state index is -1.11. The molecular weight excluding hydrogens is 965 g/mol. The zero-order valence-electron chi connectivity index (χ0n) is 36.3. The standard InChI is InChI=1S/C28H32N4.2C6H18NSi2.2Nd/c1-25(2)17-9-11-19(29-17)26(3,4)21-13-15-23(31-21)28(7,8)24-16-14-22(32-24)27(5,6)20-12-10-18(25)30-20;2*1-8(2,3)7-9(4,5)6;;/h9-16H,1-8H3;2*1-6H3;;/q-4;2*-1;2*+3. The van der Waals surface area contributed by atoms with Crippen LogP contribution in [0.5, 0.6) is 0 Å². The summed E-state index contributed by atoms with van der Waals surface area (Å²) in [5, 5.41) is 0. The molecule has 6 nitrogen and oxygen atoms in total. The first kappa shape index (κ1) is 50.6. The Labute approximate surface area is 388 Å². The van der Waals surface area contributed by atoms with Gasteiger partial charge in [0.1, 0.15) is 0 Å². The number of nitrogens with zero attached hydrogens (tertiary/aromatic N) is 6. The van der Waals surface area contributed by atoms with Crippen molar-refractivity contribution in [3.05, 3.63) is 103 Å². The fourth-order valence-corrected chi connectivity index (χ4v) is 22.9. The molecule has 8 bridgehead atoms. The van der Waals surface area contributed by atoms with Crippen molar-refractivity contribution in [3.8, 4) is 0 Å². The molecule has 0 spiro atoms. The van der Waals surface area contributed by atoms with Crippen molar-refractivity contribution in [2.24, 2.45) is 0 Å². The van der Waals surface area contributed by atoms with Gasteiger partial charge in [-0.25, -0.2) is 0 Å². The van der Waals surface area contributed by atoms with Gasteiger partial charge in [-0.1, -0.05) is 215 Å². The molecule has 1 aliphatic rings. The molecular formula is C40H68N6Nd2Si4. The second-order valence-electron chi connectivity index (χ2n) is 20.3. The van der Waals surface area contributed by atoms with Crippen LogP contribution in [-0.4, -0.2) is 32.9 Å². The fourth-order valence-electron chi connectivity index (χ4n) is 6.77. The van der Waals surface area contributed by atoms with Crippen molar-refractivity contribution in [1.82, 2.24) is 19.9 Å². The van der Waals surface area contributed by atoms with E-state index in [4.69, 9.17) is 29.2 Å². The zero-order valence-corrected chi connectivity index (χ0v) is 46.7. The molecule has 0 aliphatic carbocycles. The first-order valence-electron chi connectivity index (χ1n) is 18.3. The van der Waals surface area contributed by atoms with Gasteiger partial charge in [0.15, 0.2) is 0 Å². The van der Waals surface area contributed by atoms with Crippen LogP contribution in [0.4, 0.5) is 0 Å². The van der Waals surface area contributed by atoms with Crippen molar-refractivity contribution in [3.63, 3.8) is 0 Å². The van der Waals surface area contributed by atoms with Crippen LogP contribution < -0.4 is 19.9 Å².